The van der Waals surface area contributed by atoms with Gasteiger partial charge in [0.1, 0.15) is 34.1 Å². The number of carbonyl (C=O) groups excluding carboxylic acids is 3. The maximum absolute atomic E-state index is 11.8. The van der Waals surface area contributed by atoms with E-state index < -0.39 is 17.9 Å². The lowest BCUT2D eigenvalue weighted by Gasteiger charge is -2.12. The van der Waals surface area contributed by atoms with Gasteiger partial charge in [-0.1, -0.05) is 0 Å². The first-order valence-electron chi connectivity index (χ1n) is 10.2. The van der Waals surface area contributed by atoms with Crippen molar-refractivity contribution in [3.05, 3.63) is 46.5 Å². The number of phenols is 1. The highest BCUT2D eigenvalue weighted by molar-refractivity contribution is 5.95. The van der Waals surface area contributed by atoms with Gasteiger partial charge in [0.2, 0.25) is 0 Å². The fraction of sp³-hybridized carbons (Fsp3) is 0.375. The second kappa shape index (κ2) is 12.9. The number of rotatable bonds is 7. The Morgan fingerprint density at radius 3 is 1.67 bits per heavy atom. The fourth-order valence-corrected chi connectivity index (χ4v) is 2.86. The molecule has 2 aromatic rings. The van der Waals surface area contributed by atoms with Crippen LogP contribution >= 0.6 is 0 Å². The predicted octanol–water partition coefficient (Wildman–Crippen LogP) is 3.99. The second-order valence-electron chi connectivity index (χ2n) is 6.69. The van der Waals surface area contributed by atoms with Crippen LogP contribution < -0.4 is 14.2 Å². The van der Waals surface area contributed by atoms with E-state index in [4.69, 9.17) is 23.7 Å². The number of benzene rings is 2. The van der Waals surface area contributed by atoms with E-state index in [2.05, 4.69) is 0 Å². The van der Waals surface area contributed by atoms with Crippen molar-refractivity contribution >= 4 is 17.9 Å². The second-order valence-corrected chi connectivity index (χ2v) is 6.69. The topological polar surface area (TPSA) is 118 Å². The van der Waals surface area contributed by atoms with E-state index in [1.54, 1.807) is 39.8 Å². The van der Waals surface area contributed by atoms with Gasteiger partial charge < -0.3 is 28.8 Å². The Kier molecular flexibility index (Phi) is 10.7. The maximum atomic E-state index is 11.8. The molecular formula is C24H30O9. The van der Waals surface area contributed by atoms with Crippen LogP contribution in [0.3, 0.4) is 0 Å². The lowest BCUT2D eigenvalue weighted by Crippen LogP contribution is -2.12. The highest BCUT2D eigenvalue weighted by Gasteiger charge is 2.20. The lowest BCUT2D eigenvalue weighted by molar-refractivity contribution is -0.131. The number of aromatic hydroxyl groups is 1. The molecule has 0 unspecified atom stereocenters. The van der Waals surface area contributed by atoms with E-state index in [0.717, 1.165) is 0 Å². The van der Waals surface area contributed by atoms with E-state index in [9.17, 15) is 19.5 Å². The molecule has 0 fully saturated rings. The van der Waals surface area contributed by atoms with Gasteiger partial charge in [-0.2, -0.15) is 0 Å². The molecule has 0 aliphatic rings. The highest BCUT2D eigenvalue weighted by Crippen LogP contribution is 2.30. The van der Waals surface area contributed by atoms with Crippen LogP contribution in [0.1, 0.15) is 52.6 Å². The zero-order valence-electron chi connectivity index (χ0n) is 19.9. The van der Waals surface area contributed by atoms with Gasteiger partial charge >= 0.3 is 17.9 Å². The summed E-state index contributed by atoms with van der Waals surface area (Å²) in [4.78, 5) is 34.3. The summed E-state index contributed by atoms with van der Waals surface area (Å²) < 4.78 is 24.8. The minimum absolute atomic E-state index is 0.120. The number of esters is 3. The zero-order chi connectivity index (χ0) is 25.1. The molecule has 33 heavy (non-hydrogen) atoms. The number of hydrogen-bond acceptors (Lipinski definition) is 9. The van der Waals surface area contributed by atoms with Crippen molar-refractivity contribution in [2.45, 2.75) is 34.6 Å². The van der Waals surface area contributed by atoms with Gasteiger partial charge in [-0.15, -0.1) is 0 Å². The van der Waals surface area contributed by atoms with E-state index >= 15 is 0 Å². The SMILES string of the molecule is CCOC(=O)c1c(C)cc(OC)cc1O.CCOC(=O)c1c(C)cc(OC)cc1OC(C)=O. The van der Waals surface area contributed by atoms with Gasteiger partial charge in [-0.3, -0.25) is 4.79 Å². The van der Waals surface area contributed by atoms with Crippen LogP contribution in [0.4, 0.5) is 0 Å². The molecule has 180 valence electrons. The Balaban J connectivity index is 0.000000335. The van der Waals surface area contributed by atoms with Gasteiger partial charge in [0, 0.05) is 19.1 Å². The average molecular weight is 462 g/mol. The third-order valence-electron chi connectivity index (χ3n) is 4.25. The molecule has 0 spiro atoms. The zero-order valence-corrected chi connectivity index (χ0v) is 19.9. The molecule has 2 aromatic carbocycles. The molecule has 1 N–H and O–H groups in total. The average Bonchev–Trinajstić information content (AvgIpc) is 2.73. The third kappa shape index (κ3) is 7.71. The molecule has 9 nitrogen and oxygen atoms in total. The van der Waals surface area contributed by atoms with Crippen molar-refractivity contribution in [1.29, 1.82) is 0 Å². The molecule has 0 heterocycles. The molecule has 0 bridgehead atoms. The smallest absolute Gasteiger partial charge is 0.342 e. The van der Waals surface area contributed by atoms with Crippen LogP contribution in [0.2, 0.25) is 0 Å². The summed E-state index contributed by atoms with van der Waals surface area (Å²) in [5.41, 5.74) is 1.69. The first kappa shape index (κ1) is 27.3. The molecule has 9 heteroatoms. The number of hydrogen-bond donors (Lipinski definition) is 1. The van der Waals surface area contributed by atoms with E-state index in [0.29, 0.717) is 22.6 Å². The van der Waals surface area contributed by atoms with Crippen molar-refractivity contribution in [3.8, 4) is 23.0 Å². The van der Waals surface area contributed by atoms with Crippen molar-refractivity contribution in [2.75, 3.05) is 27.4 Å². The molecule has 0 amide bonds. The van der Waals surface area contributed by atoms with Crippen molar-refractivity contribution < 1.29 is 43.2 Å². The molecule has 2 rings (SSSR count). The van der Waals surface area contributed by atoms with E-state index in [1.807, 2.05) is 0 Å². The number of ether oxygens (including phenoxy) is 5. The molecule has 0 aromatic heterocycles. The van der Waals surface area contributed by atoms with Crippen LogP contribution in [0.25, 0.3) is 0 Å². The Labute approximate surface area is 193 Å². The quantitative estimate of drug-likeness (QED) is 0.481. The fourth-order valence-electron chi connectivity index (χ4n) is 2.86. The number of carbonyl (C=O) groups is 3. The molecule has 0 atom stereocenters. The minimum atomic E-state index is -0.520. The number of methoxy groups -OCH3 is 2. The molecule has 0 radical (unpaired) electrons. The summed E-state index contributed by atoms with van der Waals surface area (Å²) in [5.74, 6) is -0.491. The van der Waals surface area contributed by atoms with Crippen molar-refractivity contribution in [3.63, 3.8) is 0 Å². The molecule has 0 aliphatic heterocycles. The van der Waals surface area contributed by atoms with Crippen LogP contribution in [-0.4, -0.2) is 50.4 Å². The van der Waals surface area contributed by atoms with Crippen LogP contribution in [0.5, 0.6) is 23.0 Å². The summed E-state index contributed by atoms with van der Waals surface area (Å²) in [6.07, 6.45) is 0. The lowest BCUT2D eigenvalue weighted by atomic mass is 10.1. The van der Waals surface area contributed by atoms with Gasteiger partial charge in [-0.25, -0.2) is 9.59 Å². The highest BCUT2D eigenvalue weighted by atomic mass is 16.6. The monoisotopic (exact) mass is 462 g/mol. The Morgan fingerprint density at radius 2 is 1.24 bits per heavy atom. The minimum Gasteiger partial charge on any atom is -0.507 e. The first-order chi connectivity index (χ1) is 15.6. The predicted molar refractivity (Wildman–Crippen MR) is 120 cm³/mol. The first-order valence-corrected chi connectivity index (χ1v) is 10.2. The summed E-state index contributed by atoms with van der Waals surface area (Å²) in [5, 5.41) is 9.62. The Bertz CT molecular complexity index is 973. The van der Waals surface area contributed by atoms with Gasteiger partial charge in [0.05, 0.1) is 27.4 Å². The van der Waals surface area contributed by atoms with E-state index in [-0.39, 0.29) is 35.8 Å². The standard InChI is InChI=1S/C13H16O5.C11H14O4/c1-5-17-13(15)12-8(2)6-10(16-4)7-11(12)18-9(3)14;1-4-15-11(13)10-7(2)5-8(14-3)6-9(10)12/h6-7H,5H2,1-4H3;5-6,12H,4H2,1-3H3. The van der Waals surface area contributed by atoms with Gasteiger partial charge in [-0.05, 0) is 51.0 Å². The van der Waals surface area contributed by atoms with Crippen LogP contribution in [-0.2, 0) is 14.3 Å². The summed E-state index contributed by atoms with van der Waals surface area (Å²) in [6, 6.07) is 6.23. The van der Waals surface area contributed by atoms with E-state index in [1.165, 1.54) is 33.3 Å². The number of phenolic OH excluding ortho intramolecular Hbond substituents is 1. The molecular weight excluding hydrogens is 432 g/mol. The van der Waals surface area contributed by atoms with Crippen molar-refractivity contribution in [1.82, 2.24) is 0 Å². The molecule has 0 saturated carbocycles. The third-order valence-corrected chi connectivity index (χ3v) is 4.25. The van der Waals surface area contributed by atoms with Gasteiger partial charge in [0.15, 0.2) is 0 Å². The normalized spacial score (nSPS) is 9.79. The van der Waals surface area contributed by atoms with Crippen LogP contribution in [0, 0.1) is 13.8 Å². The molecule has 0 saturated heterocycles. The number of aryl methyl sites for hydroxylation is 2. The Hall–Kier alpha value is -3.75. The Morgan fingerprint density at radius 1 is 0.788 bits per heavy atom. The van der Waals surface area contributed by atoms with Gasteiger partial charge in [0.25, 0.3) is 0 Å². The van der Waals surface area contributed by atoms with Crippen molar-refractivity contribution in [2.24, 2.45) is 0 Å². The van der Waals surface area contributed by atoms with Crippen LogP contribution in [0.15, 0.2) is 24.3 Å². The maximum Gasteiger partial charge on any atom is 0.342 e. The summed E-state index contributed by atoms with van der Waals surface area (Å²) in [7, 11) is 2.99. The molecule has 0 aliphatic carbocycles. The summed E-state index contributed by atoms with van der Waals surface area (Å²) >= 11 is 0. The summed E-state index contributed by atoms with van der Waals surface area (Å²) in [6.45, 7) is 8.67. The largest absolute Gasteiger partial charge is 0.507 e.